The largest absolute Gasteiger partial charge is 0.370 e. The molecule has 0 unspecified atom stereocenters. The highest BCUT2D eigenvalue weighted by Gasteiger charge is 2.38. The molecule has 2 aliphatic rings. The molecule has 80 valence electrons. The van der Waals surface area contributed by atoms with Gasteiger partial charge in [-0.15, -0.1) is 0 Å². The summed E-state index contributed by atoms with van der Waals surface area (Å²) >= 11 is 0. The second-order valence-corrected chi connectivity index (χ2v) is 4.42. The molecule has 0 aliphatic carbocycles. The first-order valence-electron chi connectivity index (χ1n) is 6.21. The van der Waals surface area contributed by atoms with E-state index in [1.54, 1.807) is 5.31 Å². The summed E-state index contributed by atoms with van der Waals surface area (Å²) in [6, 6.07) is 8.63. The van der Waals surface area contributed by atoms with Crippen molar-refractivity contribution in [1.29, 1.82) is 0 Å². The summed E-state index contributed by atoms with van der Waals surface area (Å²) in [5.74, 6) is 0. The average Bonchev–Trinajstić information content (AvgIpc) is 2.34. The maximum absolute atomic E-state index is 7.64. The van der Waals surface area contributed by atoms with Crippen LogP contribution >= 0.6 is 0 Å². The first-order chi connectivity index (χ1) is 7.80. The maximum Gasteiger partial charge on any atom is 0.122 e. The lowest BCUT2D eigenvalue weighted by Gasteiger charge is -2.42. The number of hydrogen-bond acceptors (Lipinski definition) is 2. The van der Waals surface area contributed by atoms with Crippen molar-refractivity contribution in [3.05, 3.63) is 35.4 Å². The maximum atomic E-state index is 7.64. The van der Waals surface area contributed by atoms with Gasteiger partial charge in [-0.05, 0) is 43.5 Å². The van der Waals surface area contributed by atoms with Crippen molar-refractivity contribution in [2.75, 3.05) is 19.7 Å². The number of rotatable bonds is 0. The Labute approximate surface area is 92.1 Å². The van der Waals surface area contributed by atoms with Crippen molar-refractivity contribution < 1.29 is 6.15 Å². The summed E-state index contributed by atoms with van der Waals surface area (Å²) < 4.78 is 13.7. The molecule has 1 N–H and O–H groups in total. The molecule has 3 rings (SSSR count). The van der Waals surface area contributed by atoms with Crippen molar-refractivity contribution in [3.63, 3.8) is 0 Å². The van der Waals surface area contributed by atoms with E-state index in [0.29, 0.717) is 0 Å². The number of fused-ring (bicyclic) bond motifs is 2. The molecule has 1 fully saturated rings. The van der Waals surface area contributed by atoms with E-state index < -0.39 is 0 Å². The van der Waals surface area contributed by atoms with Crippen molar-refractivity contribution in [1.82, 2.24) is 5.31 Å². The van der Waals surface area contributed by atoms with Crippen molar-refractivity contribution >= 4 is 0 Å². The van der Waals surface area contributed by atoms with E-state index in [1.165, 1.54) is 11.1 Å². The van der Waals surface area contributed by atoms with Crippen LogP contribution in [0.2, 0.25) is 1.41 Å². The van der Waals surface area contributed by atoms with Crippen LogP contribution in [0.15, 0.2) is 24.3 Å². The van der Waals surface area contributed by atoms with E-state index in [0.717, 1.165) is 39.0 Å². The van der Waals surface area contributed by atoms with Gasteiger partial charge in [0.2, 0.25) is 0 Å². The number of piperidine rings is 1. The quantitative estimate of drug-likeness (QED) is 0.696. The van der Waals surface area contributed by atoms with Gasteiger partial charge in [0.25, 0.3) is 0 Å². The predicted octanol–water partition coefficient (Wildman–Crippen LogP) is 1.84. The number of benzene rings is 1. The molecule has 1 saturated heterocycles. The van der Waals surface area contributed by atoms with Crippen LogP contribution in [-0.2, 0) is 16.8 Å². The van der Waals surface area contributed by atoms with E-state index in [4.69, 9.17) is 6.15 Å². The highest BCUT2D eigenvalue weighted by molar-refractivity contribution is 5.35. The molecule has 0 saturated carbocycles. The van der Waals surface area contributed by atoms with Crippen LogP contribution in [-0.4, -0.2) is 19.7 Å². The Morgan fingerprint density at radius 3 is 2.93 bits per heavy atom. The lowest BCUT2D eigenvalue weighted by molar-refractivity contribution is -0.0802. The van der Waals surface area contributed by atoms with Crippen molar-refractivity contribution in [2.45, 2.75) is 24.9 Å². The molecule has 0 radical (unpaired) electrons. The summed E-state index contributed by atoms with van der Waals surface area (Å²) in [5, 5.41) is 1.64. The zero-order valence-corrected chi connectivity index (χ0v) is 8.91. The second kappa shape index (κ2) is 3.62. The van der Waals surface area contributed by atoms with Gasteiger partial charge in [-0.25, -0.2) is 0 Å². The third-order valence-corrected chi connectivity index (χ3v) is 3.61. The first kappa shape index (κ1) is 8.31. The number of hydrogen-bond donors (Lipinski definition) is 1. The second-order valence-electron chi connectivity index (χ2n) is 4.42. The van der Waals surface area contributed by atoms with Crippen molar-refractivity contribution in [2.24, 2.45) is 0 Å². The van der Waals surface area contributed by atoms with Crippen molar-refractivity contribution in [3.8, 4) is 0 Å². The van der Waals surface area contributed by atoms with Crippen LogP contribution in [0.3, 0.4) is 0 Å². The topological polar surface area (TPSA) is 21.3 Å². The van der Waals surface area contributed by atoms with E-state index in [9.17, 15) is 0 Å². The predicted molar refractivity (Wildman–Crippen MR) is 59.9 cm³/mol. The molecule has 0 aromatic heterocycles. The molecule has 0 amide bonds. The Balaban J connectivity index is 1.97. The van der Waals surface area contributed by atoms with Gasteiger partial charge in [-0.2, -0.15) is 0 Å². The molecule has 1 aromatic carbocycles. The first-order valence-corrected chi connectivity index (χ1v) is 5.76. The fourth-order valence-electron chi connectivity index (χ4n) is 2.79. The van der Waals surface area contributed by atoms with Crippen LogP contribution in [0.1, 0.15) is 24.0 Å². The minimum Gasteiger partial charge on any atom is -0.370 e. The lowest BCUT2D eigenvalue weighted by Crippen LogP contribution is -2.44. The zero-order valence-electron chi connectivity index (χ0n) is 9.91. The standard InChI is InChI=1S/C13H17NO/c1-2-4-12-11(3-1)5-10-15-13(12)6-8-14-9-7-13/h1-4,14H,5-10H2/i/hD. The van der Waals surface area contributed by atoms with Crippen LogP contribution in [0.4, 0.5) is 0 Å². The SMILES string of the molecule is [2H]N1CCC2(CC1)OCCc1ccccc12. The average molecular weight is 204 g/mol. The Morgan fingerprint density at radius 1 is 1.27 bits per heavy atom. The van der Waals surface area contributed by atoms with Crippen LogP contribution in [0.25, 0.3) is 0 Å². The molecular weight excluding hydrogens is 186 g/mol. The summed E-state index contributed by atoms with van der Waals surface area (Å²) in [6.45, 7) is 2.46. The number of ether oxygens (including phenoxy) is 1. The highest BCUT2D eigenvalue weighted by atomic mass is 16.5. The molecule has 0 atom stereocenters. The third-order valence-electron chi connectivity index (χ3n) is 3.61. The monoisotopic (exact) mass is 204 g/mol. The van der Waals surface area contributed by atoms with E-state index in [1.807, 2.05) is 0 Å². The fourth-order valence-corrected chi connectivity index (χ4v) is 2.79. The Hall–Kier alpha value is -0.860. The summed E-state index contributed by atoms with van der Waals surface area (Å²) in [7, 11) is 0. The molecule has 15 heavy (non-hydrogen) atoms. The van der Waals surface area contributed by atoms with Crippen LogP contribution in [0.5, 0.6) is 0 Å². The Bertz CT molecular complexity index is 385. The highest BCUT2D eigenvalue weighted by Crippen LogP contribution is 2.39. The lowest BCUT2D eigenvalue weighted by atomic mass is 9.80. The van der Waals surface area contributed by atoms with E-state index >= 15 is 0 Å². The smallest absolute Gasteiger partial charge is 0.122 e. The van der Waals surface area contributed by atoms with Gasteiger partial charge < -0.3 is 10.0 Å². The van der Waals surface area contributed by atoms with Crippen LogP contribution < -0.4 is 5.31 Å². The minimum atomic E-state index is -0.0909. The summed E-state index contributed by atoms with van der Waals surface area (Å²) in [5.41, 5.74) is 2.72. The van der Waals surface area contributed by atoms with Gasteiger partial charge in [0.1, 0.15) is 1.41 Å². The molecule has 1 aromatic rings. The fraction of sp³-hybridized carbons (Fsp3) is 0.538. The normalized spacial score (nSPS) is 26.0. The van der Waals surface area contributed by atoms with Gasteiger partial charge in [0.15, 0.2) is 0 Å². The molecule has 2 nitrogen and oxygen atoms in total. The van der Waals surface area contributed by atoms with Gasteiger partial charge in [0.05, 0.1) is 12.2 Å². The van der Waals surface area contributed by atoms with Gasteiger partial charge in [-0.3, -0.25) is 0 Å². The Kier molecular flexibility index (Phi) is 2.00. The van der Waals surface area contributed by atoms with Gasteiger partial charge >= 0.3 is 0 Å². The molecule has 2 aliphatic heterocycles. The minimum absolute atomic E-state index is 0.0909. The molecule has 0 bridgehead atoms. The van der Waals surface area contributed by atoms with Gasteiger partial charge in [0, 0.05) is 0 Å². The van der Waals surface area contributed by atoms with E-state index in [2.05, 4.69) is 24.3 Å². The van der Waals surface area contributed by atoms with Gasteiger partial charge in [-0.1, -0.05) is 24.3 Å². The summed E-state index contributed by atoms with van der Waals surface area (Å²) in [6.07, 6.45) is 2.93. The zero-order chi connectivity index (χ0) is 11.0. The molecule has 1 spiro atoms. The number of nitrogens with one attached hydrogen (secondary N) is 1. The van der Waals surface area contributed by atoms with Crippen LogP contribution in [0, 0.1) is 0 Å². The third kappa shape index (κ3) is 1.48. The van der Waals surface area contributed by atoms with E-state index in [-0.39, 0.29) is 5.60 Å². The Morgan fingerprint density at radius 2 is 2.07 bits per heavy atom. The molecule has 2 heterocycles. The molecule has 2 heteroatoms. The summed E-state index contributed by atoms with van der Waals surface area (Å²) in [4.78, 5) is 0. The molecular formula is C13H17NO.